The molecular formula is C22H18F3N5O2. The first kappa shape index (κ1) is 21.2. The number of methoxy groups -OCH3 is 1. The van der Waals surface area contributed by atoms with Crippen LogP contribution in [0.15, 0.2) is 66.9 Å². The van der Waals surface area contributed by atoms with Gasteiger partial charge in [0.2, 0.25) is 11.8 Å². The summed E-state index contributed by atoms with van der Waals surface area (Å²) in [6.07, 6.45) is -3.68. The lowest BCUT2D eigenvalue weighted by atomic mass is 10.1. The minimum absolute atomic E-state index is 0.153. The van der Waals surface area contributed by atoms with Crippen molar-refractivity contribution in [1.29, 1.82) is 0 Å². The van der Waals surface area contributed by atoms with E-state index < -0.39 is 12.6 Å². The van der Waals surface area contributed by atoms with Crippen LogP contribution in [-0.4, -0.2) is 33.5 Å². The molecule has 0 fully saturated rings. The Morgan fingerprint density at radius 2 is 1.81 bits per heavy atom. The molecule has 10 heteroatoms. The minimum atomic E-state index is -4.27. The number of pyridine rings is 1. The molecule has 32 heavy (non-hydrogen) atoms. The van der Waals surface area contributed by atoms with Crippen LogP contribution in [0.25, 0.3) is 11.4 Å². The Kier molecular flexibility index (Phi) is 5.93. The van der Waals surface area contributed by atoms with Crippen LogP contribution in [0.5, 0.6) is 17.4 Å². The van der Waals surface area contributed by atoms with Gasteiger partial charge in [-0.1, -0.05) is 12.1 Å². The van der Waals surface area contributed by atoms with Gasteiger partial charge in [-0.3, -0.25) is 5.10 Å². The first-order valence-electron chi connectivity index (χ1n) is 9.51. The van der Waals surface area contributed by atoms with Crippen molar-refractivity contribution in [3.05, 3.63) is 72.4 Å². The van der Waals surface area contributed by atoms with Crippen LogP contribution in [-0.2, 0) is 6.42 Å². The second-order valence-electron chi connectivity index (χ2n) is 6.79. The number of anilines is 2. The molecule has 164 valence electrons. The maximum Gasteiger partial charge on any atom is 0.393 e. The lowest BCUT2D eigenvalue weighted by Gasteiger charge is -2.08. The molecule has 2 heterocycles. The van der Waals surface area contributed by atoms with Gasteiger partial charge in [0.25, 0.3) is 0 Å². The van der Waals surface area contributed by atoms with Gasteiger partial charge in [0.05, 0.1) is 13.5 Å². The lowest BCUT2D eigenvalue weighted by Crippen LogP contribution is -2.11. The number of aromatic amines is 1. The van der Waals surface area contributed by atoms with Gasteiger partial charge >= 0.3 is 6.18 Å². The van der Waals surface area contributed by atoms with Crippen LogP contribution in [0.2, 0.25) is 0 Å². The molecule has 4 aromatic rings. The normalized spacial score (nSPS) is 11.2. The number of nitrogens with zero attached hydrogens (tertiary/aromatic N) is 3. The van der Waals surface area contributed by atoms with Gasteiger partial charge in [-0.25, -0.2) is 4.98 Å². The highest BCUT2D eigenvalue weighted by atomic mass is 19.4. The van der Waals surface area contributed by atoms with Crippen LogP contribution in [0, 0.1) is 0 Å². The standard InChI is InChI=1S/C22H18F3N5O2/c1-31-19-12-18(9-10-26-19)32-17-7-5-15(6-8-17)20-28-21(30-29-20)27-16-4-2-3-14(11-16)13-22(23,24)25/h2-12H,13H2,1H3,(H2,27,28,29,30). The number of benzene rings is 2. The number of hydrogen-bond acceptors (Lipinski definition) is 6. The van der Waals surface area contributed by atoms with Crippen LogP contribution in [0.3, 0.4) is 0 Å². The smallest absolute Gasteiger partial charge is 0.393 e. The zero-order chi connectivity index (χ0) is 22.6. The van der Waals surface area contributed by atoms with Gasteiger partial charge in [-0.05, 0) is 48.0 Å². The minimum Gasteiger partial charge on any atom is -0.481 e. The van der Waals surface area contributed by atoms with Gasteiger partial charge in [-0.2, -0.15) is 18.2 Å². The SMILES string of the molecule is COc1cc(Oc2ccc(-c3nc(Nc4cccc(CC(F)(F)F)c4)n[nH]3)cc2)ccn1. The molecule has 0 aliphatic carbocycles. The fourth-order valence-electron chi connectivity index (χ4n) is 2.95. The highest BCUT2D eigenvalue weighted by molar-refractivity contribution is 5.60. The van der Waals surface area contributed by atoms with E-state index >= 15 is 0 Å². The zero-order valence-corrected chi connectivity index (χ0v) is 16.8. The molecular weight excluding hydrogens is 423 g/mol. The Hall–Kier alpha value is -4.08. The molecule has 0 bridgehead atoms. The van der Waals surface area contributed by atoms with E-state index in [2.05, 4.69) is 25.5 Å². The monoisotopic (exact) mass is 441 g/mol. The van der Waals surface area contributed by atoms with Crippen molar-refractivity contribution in [2.24, 2.45) is 0 Å². The second kappa shape index (κ2) is 8.96. The largest absolute Gasteiger partial charge is 0.481 e. The Bertz CT molecular complexity index is 1190. The molecule has 2 N–H and O–H groups in total. The maximum absolute atomic E-state index is 12.6. The summed E-state index contributed by atoms with van der Waals surface area (Å²) >= 11 is 0. The third kappa shape index (κ3) is 5.54. The fourth-order valence-corrected chi connectivity index (χ4v) is 2.95. The molecule has 2 aromatic heterocycles. The lowest BCUT2D eigenvalue weighted by molar-refractivity contribution is -0.127. The Balaban J connectivity index is 1.43. The first-order valence-corrected chi connectivity index (χ1v) is 9.51. The Labute approximate surface area is 181 Å². The third-order valence-corrected chi connectivity index (χ3v) is 4.35. The van der Waals surface area contributed by atoms with Gasteiger partial charge in [0.15, 0.2) is 5.82 Å². The predicted octanol–water partition coefficient (Wildman–Crippen LogP) is 5.52. The summed E-state index contributed by atoms with van der Waals surface area (Å²) in [6.45, 7) is 0. The predicted molar refractivity (Wildman–Crippen MR) is 112 cm³/mol. The third-order valence-electron chi connectivity index (χ3n) is 4.35. The van der Waals surface area contributed by atoms with Crippen molar-refractivity contribution in [1.82, 2.24) is 20.2 Å². The number of halogens is 3. The van der Waals surface area contributed by atoms with Crippen molar-refractivity contribution in [3.63, 3.8) is 0 Å². The van der Waals surface area contributed by atoms with E-state index in [9.17, 15) is 13.2 Å². The molecule has 0 saturated carbocycles. The summed E-state index contributed by atoms with van der Waals surface area (Å²) in [4.78, 5) is 8.38. The van der Waals surface area contributed by atoms with E-state index in [-0.39, 0.29) is 11.5 Å². The molecule has 0 spiro atoms. The molecule has 2 aromatic carbocycles. The van der Waals surface area contributed by atoms with Crippen molar-refractivity contribution in [2.45, 2.75) is 12.6 Å². The van der Waals surface area contributed by atoms with Crippen LogP contribution < -0.4 is 14.8 Å². The Morgan fingerprint density at radius 1 is 1.00 bits per heavy atom. The molecule has 0 unspecified atom stereocenters. The van der Waals surface area contributed by atoms with E-state index in [4.69, 9.17) is 9.47 Å². The maximum atomic E-state index is 12.6. The molecule has 0 saturated heterocycles. The molecule has 0 radical (unpaired) electrons. The molecule has 7 nitrogen and oxygen atoms in total. The van der Waals surface area contributed by atoms with Gasteiger partial charge in [0.1, 0.15) is 11.5 Å². The number of rotatable bonds is 7. The summed E-state index contributed by atoms with van der Waals surface area (Å²) < 4.78 is 48.7. The van der Waals surface area contributed by atoms with Crippen LogP contribution >= 0.6 is 0 Å². The van der Waals surface area contributed by atoms with Gasteiger partial charge in [0, 0.05) is 23.5 Å². The average Bonchev–Trinajstić information content (AvgIpc) is 3.22. The van der Waals surface area contributed by atoms with E-state index in [1.54, 1.807) is 42.6 Å². The van der Waals surface area contributed by atoms with E-state index in [1.165, 1.54) is 19.2 Å². The summed E-state index contributed by atoms with van der Waals surface area (Å²) in [5.74, 6) is 2.39. The molecule has 0 aliphatic heterocycles. The highest BCUT2D eigenvalue weighted by Crippen LogP contribution is 2.27. The summed E-state index contributed by atoms with van der Waals surface area (Å²) in [5, 5.41) is 9.80. The fraction of sp³-hybridized carbons (Fsp3) is 0.136. The molecule has 4 rings (SSSR count). The van der Waals surface area contributed by atoms with E-state index in [1.807, 2.05) is 12.1 Å². The van der Waals surface area contributed by atoms with Crippen LogP contribution in [0.1, 0.15) is 5.56 Å². The number of nitrogens with one attached hydrogen (secondary N) is 2. The molecule has 0 aliphatic rings. The van der Waals surface area contributed by atoms with Crippen molar-refractivity contribution >= 4 is 11.6 Å². The van der Waals surface area contributed by atoms with Crippen molar-refractivity contribution in [3.8, 4) is 28.8 Å². The average molecular weight is 441 g/mol. The number of hydrogen-bond donors (Lipinski definition) is 2. The van der Waals surface area contributed by atoms with E-state index in [0.717, 1.165) is 5.56 Å². The summed E-state index contributed by atoms with van der Waals surface area (Å²) in [5.41, 5.74) is 1.38. The Morgan fingerprint density at radius 3 is 2.56 bits per heavy atom. The van der Waals surface area contributed by atoms with Gasteiger partial charge < -0.3 is 14.8 Å². The molecule has 0 amide bonds. The highest BCUT2D eigenvalue weighted by Gasteiger charge is 2.27. The number of aromatic nitrogens is 4. The topological polar surface area (TPSA) is 85.0 Å². The number of H-pyrrole nitrogens is 1. The van der Waals surface area contributed by atoms with Crippen molar-refractivity contribution < 1.29 is 22.6 Å². The number of ether oxygens (including phenoxy) is 2. The van der Waals surface area contributed by atoms with E-state index in [0.29, 0.717) is 28.9 Å². The van der Waals surface area contributed by atoms with Crippen LogP contribution in [0.4, 0.5) is 24.8 Å². The summed E-state index contributed by atoms with van der Waals surface area (Å²) in [6, 6.07) is 16.6. The quantitative estimate of drug-likeness (QED) is 0.393. The molecule has 0 atom stereocenters. The zero-order valence-electron chi connectivity index (χ0n) is 16.8. The summed E-state index contributed by atoms with van der Waals surface area (Å²) in [7, 11) is 1.53. The second-order valence-corrected chi connectivity index (χ2v) is 6.79. The first-order chi connectivity index (χ1) is 15.4. The van der Waals surface area contributed by atoms with Crippen molar-refractivity contribution in [2.75, 3.05) is 12.4 Å². The van der Waals surface area contributed by atoms with Gasteiger partial charge in [-0.15, -0.1) is 5.10 Å². The number of alkyl halides is 3.